The second-order valence-electron chi connectivity index (χ2n) is 9.90. The van der Waals surface area contributed by atoms with Gasteiger partial charge in [-0.2, -0.15) is 15.1 Å². The topological polar surface area (TPSA) is 184 Å². The highest BCUT2D eigenvalue weighted by molar-refractivity contribution is 6.35. The summed E-state index contributed by atoms with van der Waals surface area (Å²) in [5.74, 6) is -2.33. The fraction of sp³-hybridized carbons (Fsp3) is 0.161. The van der Waals surface area contributed by atoms with Gasteiger partial charge in [0.25, 0.3) is 0 Å². The zero-order chi connectivity index (χ0) is 31.5. The number of hydrogen-bond donors (Lipinski definition) is 2. The Kier molecular flexibility index (Phi) is 8.27. The summed E-state index contributed by atoms with van der Waals surface area (Å²) in [5, 5.41) is 4.44. The average Bonchev–Trinajstić information content (AvgIpc) is 3.56. The molecule has 3 heterocycles. The normalized spacial score (nSPS) is 19.2. The van der Waals surface area contributed by atoms with Gasteiger partial charge in [-0.3, -0.25) is 0 Å². The number of benzene rings is 3. The minimum absolute atomic E-state index is 0.0371. The standard InChI is InChI=1S/C31H25ClN6O7/c32-24-21-25(33)35-31(34)36-26(21)38(37-24)27-23(45-30(41)19-14-8-3-9-15-19)22(44-29(40)18-12-6-2-7-13-18)20(43-27)16-42-28(39)17-10-4-1-5-11-17/h1-15,20,22-23,27H,16H2,(H4,33,34,35,36)/t20-,22-,23-,27-/m1/s1. The largest absolute Gasteiger partial charge is 0.459 e. The van der Waals surface area contributed by atoms with Crippen molar-refractivity contribution in [1.29, 1.82) is 0 Å². The predicted molar refractivity (Wildman–Crippen MR) is 161 cm³/mol. The van der Waals surface area contributed by atoms with Crippen molar-refractivity contribution in [2.24, 2.45) is 0 Å². The van der Waals surface area contributed by atoms with E-state index in [4.69, 9.17) is 42.0 Å². The Morgan fingerprint density at radius 3 is 1.82 bits per heavy atom. The van der Waals surface area contributed by atoms with Gasteiger partial charge in [0, 0.05) is 0 Å². The zero-order valence-electron chi connectivity index (χ0n) is 23.4. The molecule has 13 nitrogen and oxygen atoms in total. The third kappa shape index (κ3) is 6.12. The van der Waals surface area contributed by atoms with Gasteiger partial charge in [-0.1, -0.05) is 66.2 Å². The van der Waals surface area contributed by atoms with Crippen LogP contribution in [0.5, 0.6) is 0 Å². The summed E-state index contributed by atoms with van der Waals surface area (Å²) in [4.78, 5) is 47.8. The van der Waals surface area contributed by atoms with Gasteiger partial charge in [0.1, 0.15) is 23.9 Å². The van der Waals surface area contributed by atoms with E-state index in [2.05, 4.69) is 15.1 Å². The van der Waals surface area contributed by atoms with Crippen LogP contribution in [0.25, 0.3) is 11.0 Å². The lowest BCUT2D eigenvalue weighted by atomic mass is 10.1. The van der Waals surface area contributed by atoms with Crippen LogP contribution in [0, 0.1) is 0 Å². The highest BCUT2D eigenvalue weighted by Gasteiger charge is 2.52. The van der Waals surface area contributed by atoms with E-state index in [1.807, 2.05) is 0 Å². The molecule has 4 N–H and O–H groups in total. The van der Waals surface area contributed by atoms with Crippen LogP contribution in [0.1, 0.15) is 37.3 Å². The van der Waals surface area contributed by atoms with Crippen molar-refractivity contribution in [1.82, 2.24) is 19.7 Å². The Morgan fingerprint density at radius 1 is 0.756 bits per heavy atom. The Bertz CT molecular complexity index is 1860. The molecule has 1 fully saturated rings. The third-order valence-electron chi connectivity index (χ3n) is 6.97. The first-order chi connectivity index (χ1) is 21.8. The van der Waals surface area contributed by atoms with Crippen molar-refractivity contribution in [3.05, 3.63) is 113 Å². The van der Waals surface area contributed by atoms with E-state index >= 15 is 0 Å². The molecular weight excluding hydrogens is 604 g/mol. The van der Waals surface area contributed by atoms with Gasteiger partial charge in [0.2, 0.25) is 5.95 Å². The van der Waals surface area contributed by atoms with Crippen LogP contribution in [-0.4, -0.2) is 62.6 Å². The van der Waals surface area contributed by atoms with Gasteiger partial charge in [-0.25, -0.2) is 19.1 Å². The number of rotatable bonds is 8. The number of halogens is 1. The molecule has 14 heteroatoms. The van der Waals surface area contributed by atoms with Crippen molar-refractivity contribution in [3.8, 4) is 0 Å². The molecule has 0 saturated carbocycles. The van der Waals surface area contributed by atoms with E-state index in [0.29, 0.717) is 5.56 Å². The highest BCUT2D eigenvalue weighted by atomic mass is 35.5. The zero-order valence-corrected chi connectivity index (χ0v) is 24.1. The van der Waals surface area contributed by atoms with E-state index in [1.165, 1.54) is 4.68 Å². The summed E-state index contributed by atoms with van der Waals surface area (Å²) >= 11 is 6.42. The smallest absolute Gasteiger partial charge is 0.338 e. The predicted octanol–water partition coefficient (Wildman–Crippen LogP) is 3.85. The second-order valence-corrected chi connectivity index (χ2v) is 10.3. The van der Waals surface area contributed by atoms with Crippen LogP contribution in [0.4, 0.5) is 11.8 Å². The number of nitrogen functional groups attached to an aromatic ring is 2. The number of carbonyl (C=O) groups is 3. The second kappa shape index (κ2) is 12.6. The number of anilines is 2. The van der Waals surface area contributed by atoms with Crippen molar-refractivity contribution in [2.75, 3.05) is 18.1 Å². The fourth-order valence-corrected chi connectivity index (χ4v) is 5.13. The maximum atomic E-state index is 13.4. The number of fused-ring (bicyclic) bond motifs is 1. The molecule has 3 aromatic carbocycles. The molecule has 1 aliphatic rings. The minimum atomic E-state index is -1.35. The van der Waals surface area contributed by atoms with Crippen LogP contribution >= 0.6 is 11.6 Å². The Balaban J connectivity index is 1.41. The average molecular weight is 629 g/mol. The lowest BCUT2D eigenvalue weighted by molar-refractivity contribution is -0.0654. The number of hydrogen-bond acceptors (Lipinski definition) is 12. The van der Waals surface area contributed by atoms with Crippen molar-refractivity contribution < 1.29 is 33.3 Å². The minimum Gasteiger partial charge on any atom is -0.459 e. The summed E-state index contributed by atoms with van der Waals surface area (Å²) < 4.78 is 25.0. The van der Waals surface area contributed by atoms with E-state index in [9.17, 15) is 14.4 Å². The molecule has 0 spiro atoms. The van der Waals surface area contributed by atoms with Crippen molar-refractivity contribution in [3.63, 3.8) is 0 Å². The maximum absolute atomic E-state index is 13.4. The number of esters is 3. The molecule has 1 aliphatic heterocycles. The van der Waals surface area contributed by atoms with Crippen LogP contribution in [0.3, 0.4) is 0 Å². The molecule has 0 amide bonds. The van der Waals surface area contributed by atoms with E-state index in [-0.39, 0.29) is 45.7 Å². The molecule has 0 aliphatic carbocycles. The van der Waals surface area contributed by atoms with Crippen LogP contribution in [-0.2, 0) is 18.9 Å². The monoisotopic (exact) mass is 628 g/mol. The molecule has 228 valence electrons. The Morgan fingerprint density at radius 2 is 1.27 bits per heavy atom. The molecule has 0 bridgehead atoms. The third-order valence-corrected chi connectivity index (χ3v) is 7.24. The molecule has 0 radical (unpaired) electrons. The number of carbonyl (C=O) groups excluding carboxylic acids is 3. The number of nitrogens with zero attached hydrogens (tertiary/aromatic N) is 4. The van der Waals surface area contributed by atoms with Gasteiger partial charge in [0.05, 0.1) is 16.7 Å². The Hall–Kier alpha value is -5.53. The lowest BCUT2D eigenvalue weighted by Gasteiger charge is -2.24. The highest BCUT2D eigenvalue weighted by Crippen LogP contribution is 2.38. The summed E-state index contributed by atoms with van der Waals surface area (Å²) in [6.07, 6.45) is -5.08. The summed E-state index contributed by atoms with van der Waals surface area (Å²) in [7, 11) is 0. The fourth-order valence-electron chi connectivity index (χ4n) is 4.87. The molecule has 6 rings (SSSR count). The van der Waals surface area contributed by atoms with Gasteiger partial charge < -0.3 is 30.4 Å². The van der Waals surface area contributed by atoms with Crippen molar-refractivity contribution in [2.45, 2.75) is 24.5 Å². The number of ether oxygens (including phenoxy) is 4. The first-order valence-electron chi connectivity index (χ1n) is 13.7. The Labute approximate surface area is 260 Å². The summed E-state index contributed by atoms with van der Waals surface area (Å²) in [5.41, 5.74) is 12.8. The summed E-state index contributed by atoms with van der Waals surface area (Å²) in [6.45, 7) is -0.386. The van der Waals surface area contributed by atoms with E-state index < -0.39 is 42.4 Å². The molecule has 0 unspecified atom stereocenters. The first-order valence-corrected chi connectivity index (χ1v) is 14.0. The molecule has 1 saturated heterocycles. The van der Waals surface area contributed by atoms with Crippen LogP contribution < -0.4 is 11.5 Å². The molecule has 45 heavy (non-hydrogen) atoms. The van der Waals surface area contributed by atoms with E-state index in [0.717, 1.165) is 0 Å². The first kappa shape index (κ1) is 29.5. The van der Waals surface area contributed by atoms with Crippen molar-refractivity contribution >= 4 is 52.3 Å². The van der Waals surface area contributed by atoms with Gasteiger partial charge >= 0.3 is 17.9 Å². The molecular formula is C31H25ClN6O7. The number of nitrogens with two attached hydrogens (primary N) is 2. The van der Waals surface area contributed by atoms with Crippen LogP contribution in [0.15, 0.2) is 91.0 Å². The van der Waals surface area contributed by atoms with Crippen LogP contribution in [0.2, 0.25) is 5.15 Å². The summed E-state index contributed by atoms with van der Waals surface area (Å²) in [6, 6.07) is 24.7. The van der Waals surface area contributed by atoms with E-state index in [1.54, 1.807) is 91.0 Å². The maximum Gasteiger partial charge on any atom is 0.338 e. The van der Waals surface area contributed by atoms with Gasteiger partial charge in [0.15, 0.2) is 29.2 Å². The molecule has 2 aromatic heterocycles. The number of aromatic nitrogens is 4. The molecule has 5 aromatic rings. The quantitative estimate of drug-likeness (QED) is 0.187. The van der Waals surface area contributed by atoms with Gasteiger partial charge in [-0.05, 0) is 36.4 Å². The molecule has 4 atom stereocenters. The SMILES string of the molecule is Nc1nc(N)c2c(Cl)nn([C@@H]3O[C@H](COC(=O)c4ccccc4)[C@@H](OC(=O)c4ccccc4)[C@H]3OC(=O)c3ccccc3)c2n1. The lowest BCUT2D eigenvalue weighted by Crippen LogP contribution is -2.41. The van der Waals surface area contributed by atoms with Gasteiger partial charge in [-0.15, -0.1) is 0 Å².